The molecule has 3 N–H and O–H groups in total. The van der Waals surface area contributed by atoms with Crippen LogP contribution in [0.3, 0.4) is 0 Å². The number of thiazole rings is 1. The molecule has 1 atom stereocenters. The van der Waals surface area contributed by atoms with Crippen LogP contribution in [0.5, 0.6) is 0 Å². The van der Waals surface area contributed by atoms with Crippen molar-refractivity contribution in [3.8, 4) is 0 Å². The summed E-state index contributed by atoms with van der Waals surface area (Å²) in [5, 5.41) is 16.9. The van der Waals surface area contributed by atoms with E-state index in [0.717, 1.165) is 5.01 Å². The van der Waals surface area contributed by atoms with E-state index in [1.165, 1.54) is 0 Å². The molecule has 0 spiro atoms. The standard InChI is InChI=1S/C12H19N3O3S/c1-8(10-13-4-5-19-10)7-14-11(18)15-12(2,3)6-9(16)17/h4-5,8H,6-7H2,1-3H3,(H,16,17)(H2,14,15,18). The minimum absolute atomic E-state index is 0.123. The minimum atomic E-state index is -0.943. The fraction of sp³-hybridized carbons (Fsp3) is 0.583. The number of carboxylic acid groups (broad SMARTS) is 1. The number of hydrogen-bond acceptors (Lipinski definition) is 4. The van der Waals surface area contributed by atoms with Crippen LogP contribution < -0.4 is 10.6 Å². The number of hydrogen-bond donors (Lipinski definition) is 3. The molecule has 0 aliphatic rings. The molecular weight excluding hydrogens is 266 g/mol. The molecule has 1 rings (SSSR count). The normalized spacial score (nSPS) is 12.8. The summed E-state index contributed by atoms with van der Waals surface area (Å²) in [6.07, 6.45) is 1.61. The first kappa shape index (κ1) is 15.4. The summed E-state index contributed by atoms with van der Waals surface area (Å²) < 4.78 is 0. The highest BCUT2D eigenvalue weighted by atomic mass is 32.1. The molecule has 6 nitrogen and oxygen atoms in total. The van der Waals surface area contributed by atoms with Gasteiger partial charge in [-0.25, -0.2) is 9.78 Å². The van der Waals surface area contributed by atoms with E-state index < -0.39 is 11.5 Å². The van der Waals surface area contributed by atoms with Crippen LogP contribution in [-0.2, 0) is 4.79 Å². The summed E-state index contributed by atoms with van der Waals surface area (Å²) in [5.41, 5.74) is -0.777. The predicted molar refractivity (Wildman–Crippen MR) is 73.4 cm³/mol. The fourth-order valence-electron chi connectivity index (χ4n) is 1.58. The van der Waals surface area contributed by atoms with Crippen LogP contribution in [0.4, 0.5) is 4.79 Å². The van der Waals surface area contributed by atoms with Gasteiger partial charge < -0.3 is 15.7 Å². The maximum atomic E-state index is 11.7. The highest BCUT2D eigenvalue weighted by molar-refractivity contribution is 7.09. The van der Waals surface area contributed by atoms with Crippen molar-refractivity contribution < 1.29 is 14.7 Å². The molecule has 106 valence electrons. The van der Waals surface area contributed by atoms with E-state index in [-0.39, 0.29) is 18.4 Å². The molecule has 0 aliphatic carbocycles. The van der Waals surface area contributed by atoms with E-state index in [1.54, 1.807) is 31.4 Å². The first-order valence-corrected chi connectivity index (χ1v) is 6.85. The van der Waals surface area contributed by atoms with Crippen molar-refractivity contribution in [2.24, 2.45) is 0 Å². The zero-order valence-corrected chi connectivity index (χ0v) is 12.1. The average Bonchev–Trinajstić information content (AvgIpc) is 2.76. The number of rotatable bonds is 6. The van der Waals surface area contributed by atoms with Crippen molar-refractivity contribution >= 4 is 23.3 Å². The molecule has 0 fully saturated rings. The molecule has 1 heterocycles. The van der Waals surface area contributed by atoms with E-state index >= 15 is 0 Å². The molecule has 0 bridgehead atoms. The van der Waals surface area contributed by atoms with Crippen molar-refractivity contribution in [3.05, 3.63) is 16.6 Å². The molecule has 1 aromatic rings. The van der Waals surface area contributed by atoms with Gasteiger partial charge in [-0.1, -0.05) is 6.92 Å². The van der Waals surface area contributed by atoms with Gasteiger partial charge in [-0.3, -0.25) is 4.79 Å². The third-order valence-corrected chi connectivity index (χ3v) is 3.49. The van der Waals surface area contributed by atoms with Gasteiger partial charge in [0.05, 0.1) is 11.4 Å². The molecule has 0 aromatic carbocycles. The van der Waals surface area contributed by atoms with Gasteiger partial charge in [-0.15, -0.1) is 11.3 Å². The molecule has 2 amide bonds. The molecule has 0 aliphatic heterocycles. The van der Waals surface area contributed by atoms with Crippen LogP contribution in [0.1, 0.15) is 38.1 Å². The largest absolute Gasteiger partial charge is 0.481 e. The summed E-state index contributed by atoms with van der Waals surface area (Å²) >= 11 is 1.54. The van der Waals surface area contributed by atoms with Gasteiger partial charge in [0.2, 0.25) is 0 Å². The Kier molecular flexibility index (Phi) is 5.29. The van der Waals surface area contributed by atoms with E-state index in [9.17, 15) is 9.59 Å². The van der Waals surface area contributed by atoms with Gasteiger partial charge >= 0.3 is 12.0 Å². The minimum Gasteiger partial charge on any atom is -0.481 e. The summed E-state index contributed by atoms with van der Waals surface area (Å²) in [7, 11) is 0. The second-order valence-electron chi connectivity index (χ2n) is 5.06. The Bertz CT molecular complexity index is 431. The lowest BCUT2D eigenvalue weighted by atomic mass is 10.0. The molecular formula is C12H19N3O3S. The Morgan fingerprint density at radius 2 is 2.21 bits per heavy atom. The second-order valence-corrected chi connectivity index (χ2v) is 5.99. The molecule has 0 saturated heterocycles. The van der Waals surface area contributed by atoms with Crippen molar-refractivity contribution in [1.82, 2.24) is 15.6 Å². The van der Waals surface area contributed by atoms with Gasteiger partial charge in [-0.05, 0) is 13.8 Å². The monoisotopic (exact) mass is 285 g/mol. The molecule has 0 radical (unpaired) electrons. The van der Waals surface area contributed by atoms with E-state index in [4.69, 9.17) is 5.11 Å². The van der Waals surface area contributed by atoms with Crippen molar-refractivity contribution in [2.75, 3.05) is 6.54 Å². The van der Waals surface area contributed by atoms with Gasteiger partial charge in [0, 0.05) is 29.6 Å². The quantitative estimate of drug-likeness (QED) is 0.743. The first-order valence-electron chi connectivity index (χ1n) is 5.97. The predicted octanol–water partition coefficient (Wildman–Crippen LogP) is 1.80. The summed E-state index contributed by atoms with van der Waals surface area (Å²) in [5.74, 6) is -0.810. The van der Waals surface area contributed by atoms with Gasteiger partial charge in [-0.2, -0.15) is 0 Å². The molecule has 1 aromatic heterocycles. The Labute approximate surface area is 116 Å². The lowest BCUT2D eigenvalue weighted by Gasteiger charge is -2.24. The lowest BCUT2D eigenvalue weighted by Crippen LogP contribution is -2.50. The third kappa shape index (κ3) is 5.69. The highest BCUT2D eigenvalue weighted by Gasteiger charge is 2.23. The zero-order valence-electron chi connectivity index (χ0n) is 11.3. The van der Waals surface area contributed by atoms with Gasteiger partial charge in [0.1, 0.15) is 0 Å². The maximum Gasteiger partial charge on any atom is 0.315 e. The van der Waals surface area contributed by atoms with Crippen LogP contribution in [0.15, 0.2) is 11.6 Å². The number of carbonyl (C=O) groups is 2. The summed E-state index contributed by atoms with van der Waals surface area (Å²) in [6, 6.07) is -0.366. The summed E-state index contributed by atoms with van der Waals surface area (Å²) in [4.78, 5) is 26.5. The van der Waals surface area contributed by atoms with Crippen LogP contribution in [0.2, 0.25) is 0 Å². The lowest BCUT2D eigenvalue weighted by molar-refractivity contribution is -0.138. The van der Waals surface area contributed by atoms with Crippen LogP contribution in [0, 0.1) is 0 Å². The number of amides is 2. The maximum absolute atomic E-state index is 11.7. The third-order valence-electron chi connectivity index (χ3n) is 2.49. The number of carboxylic acids is 1. The second kappa shape index (κ2) is 6.51. The molecule has 0 saturated carbocycles. The van der Waals surface area contributed by atoms with Gasteiger partial charge in [0.25, 0.3) is 0 Å². The topological polar surface area (TPSA) is 91.3 Å². The van der Waals surface area contributed by atoms with E-state index in [0.29, 0.717) is 6.54 Å². The zero-order chi connectivity index (χ0) is 14.5. The molecule has 7 heteroatoms. The number of nitrogens with one attached hydrogen (secondary N) is 2. The number of aliphatic carboxylic acids is 1. The first-order chi connectivity index (χ1) is 8.80. The van der Waals surface area contributed by atoms with Crippen LogP contribution in [-0.4, -0.2) is 34.2 Å². The SMILES string of the molecule is CC(CNC(=O)NC(C)(C)CC(=O)O)c1nccs1. The Morgan fingerprint density at radius 1 is 1.53 bits per heavy atom. The van der Waals surface area contributed by atoms with Crippen LogP contribution in [0.25, 0.3) is 0 Å². The van der Waals surface area contributed by atoms with Crippen molar-refractivity contribution in [2.45, 2.75) is 38.6 Å². The number of urea groups is 1. The Balaban J connectivity index is 2.37. The summed E-state index contributed by atoms with van der Waals surface area (Å²) in [6.45, 7) is 5.78. The fourth-order valence-corrected chi connectivity index (χ4v) is 2.28. The smallest absolute Gasteiger partial charge is 0.315 e. The van der Waals surface area contributed by atoms with Crippen LogP contribution >= 0.6 is 11.3 Å². The van der Waals surface area contributed by atoms with Gasteiger partial charge in [0.15, 0.2) is 0 Å². The van der Waals surface area contributed by atoms with Crippen molar-refractivity contribution in [1.29, 1.82) is 0 Å². The number of carbonyl (C=O) groups excluding carboxylic acids is 1. The van der Waals surface area contributed by atoms with E-state index in [1.807, 2.05) is 12.3 Å². The van der Waals surface area contributed by atoms with E-state index in [2.05, 4.69) is 15.6 Å². The average molecular weight is 285 g/mol. The highest BCUT2D eigenvalue weighted by Crippen LogP contribution is 2.16. The molecule has 19 heavy (non-hydrogen) atoms. The number of nitrogens with zero attached hydrogens (tertiary/aromatic N) is 1. The number of aromatic nitrogens is 1. The Morgan fingerprint density at radius 3 is 2.74 bits per heavy atom. The molecule has 1 unspecified atom stereocenters. The van der Waals surface area contributed by atoms with Crippen molar-refractivity contribution in [3.63, 3.8) is 0 Å². The Hall–Kier alpha value is -1.63.